The maximum absolute atomic E-state index is 9.44. The maximum atomic E-state index is 9.44. The molecule has 0 fully saturated rings. The summed E-state index contributed by atoms with van der Waals surface area (Å²) in [6.45, 7) is 7.83. The molecule has 0 saturated carbocycles. The summed E-state index contributed by atoms with van der Waals surface area (Å²) in [5.41, 5.74) is 0. The van der Waals surface area contributed by atoms with Gasteiger partial charge in [-0.3, -0.25) is 4.79 Å². The summed E-state index contributed by atoms with van der Waals surface area (Å²) in [5, 5.41) is 24.5. The Morgan fingerprint density at radius 2 is 1.47 bits per heavy atom. The molecule has 2 unspecified atom stereocenters. The summed E-state index contributed by atoms with van der Waals surface area (Å²) in [5.74, 6) is -0.667. The molecule has 0 amide bonds. The first kappa shape index (κ1) is 21.3. The number of hydrogen-bond acceptors (Lipinski definition) is 5. The molecule has 0 aliphatic carbocycles. The molecule has 6 nitrogen and oxygen atoms in total. The van der Waals surface area contributed by atoms with Crippen molar-refractivity contribution in [2.75, 3.05) is 13.2 Å². The largest absolute Gasteiger partial charge is 0.481 e. The van der Waals surface area contributed by atoms with Gasteiger partial charge >= 0.3 is 0 Å². The standard InChI is InChI=1S/C6H14O3.C3H6O.C2H4O2/c1-5(8)4-9-6(2)3-7;1-3(2)4;1-2(3)4/h5-8H,3-4H2,1-2H3;1-2H3;1H3,(H,3,4). The molecule has 0 heterocycles. The van der Waals surface area contributed by atoms with Crippen LogP contribution in [0.4, 0.5) is 0 Å². The van der Waals surface area contributed by atoms with Crippen LogP contribution in [0.5, 0.6) is 0 Å². The van der Waals surface area contributed by atoms with Crippen molar-refractivity contribution in [2.45, 2.75) is 46.8 Å². The first-order chi connectivity index (χ1) is 7.63. The fourth-order valence-electron chi connectivity index (χ4n) is 0.356. The Hall–Kier alpha value is -0.980. The minimum Gasteiger partial charge on any atom is -0.481 e. The van der Waals surface area contributed by atoms with E-state index in [2.05, 4.69) is 0 Å². The molecule has 0 bridgehead atoms. The highest BCUT2D eigenvalue weighted by atomic mass is 16.5. The lowest BCUT2D eigenvalue weighted by atomic mass is 10.4. The molecule has 6 heteroatoms. The average molecular weight is 252 g/mol. The maximum Gasteiger partial charge on any atom is 0.300 e. The number of aliphatic carboxylic acids is 1. The highest BCUT2D eigenvalue weighted by Crippen LogP contribution is 1.90. The molecule has 0 aromatic carbocycles. The van der Waals surface area contributed by atoms with E-state index in [1.165, 1.54) is 13.8 Å². The van der Waals surface area contributed by atoms with Gasteiger partial charge in [0.2, 0.25) is 0 Å². The van der Waals surface area contributed by atoms with Gasteiger partial charge in [0.15, 0.2) is 0 Å². The third kappa shape index (κ3) is 70.3. The van der Waals surface area contributed by atoms with Crippen molar-refractivity contribution in [1.82, 2.24) is 0 Å². The SMILES string of the molecule is CC(=O)O.CC(C)=O.CC(O)COC(C)CO. The lowest BCUT2D eigenvalue weighted by Crippen LogP contribution is -2.19. The molecule has 0 rings (SSSR count). The number of carboxylic acids is 1. The Labute approximate surface area is 102 Å². The van der Waals surface area contributed by atoms with Crippen LogP contribution in [-0.2, 0) is 14.3 Å². The van der Waals surface area contributed by atoms with Crippen molar-refractivity contribution < 1.29 is 29.6 Å². The van der Waals surface area contributed by atoms with Crippen LogP contribution in [0.3, 0.4) is 0 Å². The van der Waals surface area contributed by atoms with Gasteiger partial charge in [-0.2, -0.15) is 0 Å². The van der Waals surface area contributed by atoms with E-state index in [1.807, 2.05) is 0 Å². The molecule has 0 aromatic heterocycles. The van der Waals surface area contributed by atoms with E-state index in [0.717, 1.165) is 6.92 Å². The highest BCUT2D eigenvalue weighted by molar-refractivity contribution is 5.72. The second-order valence-electron chi connectivity index (χ2n) is 3.60. The van der Waals surface area contributed by atoms with Crippen LogP contribution < -0.4 is 0 Å². The van der Waals surface area contributed by atoms with Gasteiger partial charge in [-0.1, -0.05) is 0 Å². The predicted octanol–water partition coefficient (Wildman–Crippen LogP) is 0.451. The van der Waals surface area contributed by atoms with Gasteiger partial charge in [0.25, 0.3) is 5.97 Å². The Kier molecular flexibility index (Phi) is 18.8. The van der Waals surface area contributed by atoms with Crippen molar-refractivity contribution >= 4 is 11.8 Å². The number of rotatable bonds is 4. The summed E-state index contributed by atoms with van der Waals surface area (Å²) in [6, 6.07) is 0. The fourth-order valence-corrected chi connectivity index (χ4v) is 0.356. The van der Waals surface area contributed by atoms with E-state index < -0.39 is 12.1 Å². The summed E-state index contributed by atoms with van der Waals surface area (Å²) in [6.07, 6.45) is -0.612. The molecule has 17 heavy (non-hydrogen) atoms. The normalized spacial score (nSPS) is 12.2. The second-order valence-corrected chi connectivity index (χ2v) is 3.60. The Balaban J connectivity index is -0.000000205. The van der Waals surface area contributed by atoms with E-state index in [9.17, 15) is 4.79 Å². The molecule has 0 aliphatic rings. The van der Waals surface area contributed by atoms with Crippen molar-refractivity contribution in [3.8, 4) is 0 Å². The van der Waals surface area contributed by atoms with Crippen LogP contribution >= 0.6 is 0 Å². The van der Waals surface area contributed by atoms with Crippen LogP contribution in [0.1, 0.15) is 34.6 Å². The van der Waals surface area contributed by atoms with E-state index in [0.29, 0.717) is 6.61 Å². The molecule has 0 radical (unpaired) electrons. The third-order valence-corrected chi connectivity index (χ3v) is 0.879. The number of aliphatic hydroxyl groups is 2. The summed E-state index contributed by atoms with van der Waals surface area (Å²) >= 11 is 0. The number of carboxylic acid groups (broad SMARTS) is 1. The Morgan fingerprint density at radius 3 is 1.65 bits per heavy atom. The number of carbonyl (C=O) groups is 2. The van der Waals surface area contributed by atoms with Crippen molar-refractivity contribution in [3.05, 3.63) is 0 Å². The van der Waals surface area contributed by atoms with Crippen molar-refractivity contribution in [3.63, 3.8) is 0 Å². The van der Waals surface area contributed by atoms with Gasteiger partial charge < -0.3 is 24.9 Å². The smallest absolute Gasteiger partial charge is 0.300 e. The number of aliphatic hydroxyl groups excluding tert-OH is 2. The zero-order chi connectivity index (χ0) is 14.4. The third-order valence-electron chi connectivity index (χ3n) is 0.879. The number of ketones is 1. The van der Waals surface area contributed by atoms with Gasteiger partial charge in [-0.05, 0) is 27.7 Å². The minimum atomic E-state index is -0.833. The Morgan fingerprint density at radius 1 is 1.18 bits per heavy atom. The first-order valence-electron chi connectivity index (χ1n) is 5.20. The summed E-state index contributed by atoms with van der Waals surface area (Å²) in [4.78, 5) is 18.4. The number of ether oxygens (including phenoxy) is 1. The quantitative estimate of drug-likeness (QED) is 0.671. The number of hydrogen-bond donors (Lipinski definition) is 3. The molecular formula is C11H24O6. The van der Waals surface area contributed by atoms with E-state index >= 15 is 0 Å². The van der Waals surface area contributed by atoms with Crippen molar-refractivity contribution in [1.29, 1.82) is 0 Å². The van der Waals surface area contributed by atoms with Crippen molar-refractivity contribution in [2.24, 2.45) is 0 Å². The molecule has 104 valence electrons. The molecule has 2 atom stereocenters. The number of carbonyl (C=O) groups excluding carboxylic acids is 1. The average Bonchev–Trinajstić information content (AvgIpc) is 2.12. The first-order valence-corrected chi connectivity index (χ1v) is 5.20. The number of Topliss-reactive ketones (excluding diaryl/α,β-unsaturated/α-hetero) is 1. The summed E-state index contributed by atoms with van der Waals surface area (Å²) < 4.78 is 4.95. The molecule has 0 spiro atoms. The van der Waals surface area contributed by atoms with Gasteiger partial charge in [-0.25, -0.2) is 0 Å². The van der Waals surface area contributed by atoms with E-state index in [1.54, 1.807) is 13.8 Å². The van der Waals surface area contributed by atoms with Crippen LogP contribution in [0.25, 0.3) is 0 Å². The van der Waals surface area contributed by atoms with Crippen LogP contribution in [0.2, 0.25) is 0 Å². The van der Waals surface area contributed by atoms with Crippen LogP contribution in [0, 0.1) is 0 Å². The van der Waals surface area contributed by atoms with Gasteiger partial charge in [0.05, 0.1) is 25.4 Å². The zero-order valence-corrected chi connectivity index (χ0v) is 11.1. The molecule has 0 saturated heterocycles. The van der Waals surface area contributed by atoms with E-state index in [4.69, 9.17) is 24.9 Å². The van der Waals surface area contributed by atoms with Gasteiger partial charge in [-0.15, -0.1) is 0 Å². The Bertz CT molecular complexity index is 170. The molecule has 3 N–H and O–H groups in total. The van der Waals surface area contributed by atoms with Gasteiger partial charge in [0, 0.05) is 6.92 Å². The lowest BCUT2D eigenvalue weighted by molar-refractivity contribution is -0.134. The zero-order valence-electron chi connectivity index (χ0n) is 11.1. The lowest BCUT2D eigenvalue weighted by Gasteiger charge is -2.10. The van der Waals surface area contributed by atoms with Gasteiger partial charge in [0.1, 0.15) is 5.78 Å². The monoisotopic (exact) mass is 252 g/mol. The highest BCUT2D eigenvalue weighted by Gasteiger charge is 2.00. The molecule has 0 aliphatic heterocycles. The molecule has 0 aromatic rings. The second kappa shape index (κ2) is 15.0. The topological polar surface area (TPSA) is 104 Å². The fraction of sp³-hybridized carbons (Fsp3) is 0.818. The van der Waals surface area contributed by atoms with Crippen LogP contribution in [0.15, 0.2) is 0 Å². The molecular weight excluding hydrogens is 228 g/mol. The van der Waals surface area contributed by atoms with Crippen LogP contribution in [-0.4, -0.2) is 52.5 Å². The minimum absolute atomic E-state index is 0.00667. The predicted molar refractivity (Wildman–Crippen MR) is 63.8 cm³/mol. The van der Waals surface area contributed by atoms with E-state index in [-0.39, 0.29) is 18.5 Å². The summed E-state index contributed by atoms with van der Waals surface area (Å²) in [7, 11) is 0.